The van der Waals surface area contributed by atoms with Crippen LogP contribution in [-0.2, 0) is 5.41 Å². The average molecular weight is 224 g/mol. The monoisotopic (exact) mass is 224 g/mol. The van der Waals surface area contributed by atoms with E-state index in [-0.39, 0.29) is 18.4 Å². The van der Waals surface area contributed by atoms with E-state index in [1.807, 2.05) is 18.2 Å². The Balaban J connectivity index is 2.75. The minimum atomic E-state index is -0.944. The molecule has 0 amide bonds. The van der Waals surface area contributed by atoms with Crippen LogP contribution in [0.4, 0.5) is 0 Å². The Hall–Kier alpha value is -1.06. The molecule has 0 aromatic heterocycles. The van der Waals surface area contributed by atoms with Crippen molar-refractivity contribution in [2.24, 2.45) is 0 Å². The Labute approximate surface area is 96.7 Å². The summed E-state index contributed by atoms with van der Waals surface area (Å²) in [7, 11) is 0. The quantitative estimate of drug-likeness (QED) is 0.770. The van der Waals surface area contributed by atoms with Crippen molar-refractivity contribution in [1.29, 1.82) is 0 Å². The normalized spacial score (nSPS) is 13.6. The zero-order valence-electron chi connectivity index (χ0n) is 10.1. The van der Waals surface area contributed by atoms with Crippen LogP contribution in [-0.4, -0.2) is 23.1 Å². The van der Waals surface area contributed by atoms with E-state index in [4.69, 9.17) is 9.84 Å². The van der Waals surface area contributed by atoms with Gasteiger partial charge in [0.05, 0.1) is 0 Å². The Morgan fingerprint density at radius 1 is 1.31 bits per heavy atom. The molecule has 1 rings (SSSR count). The second-order valence-corrected chi connectivity index (χ2v) is 4.86. The van der Waals surface area contributed by atoms with Gasteiger partial charge in [-0.3, -0.25) is 0 Å². The number of ether oxygens (including phenoxy) is 1. The second-order valence-electron chi connectivity index (χ2n) is 4.86. The van der Waals surface area contributed by atoms with Crippen LogP contribution in [0.1, 0.15) is 32.8 Å². The first-order valence-corrected chi connectivity index (χ1v) is 5.49. The van der Waals surface area contributed by atoms with Gasteiger partial charge in [0.15, 0.2) is 6.29 Å². The van der Waals surface area contributed by atoms with Crippen molar-refractivity contribution in [1.82, 2.24) is 0 Å². The summed E-state index contributed by atoms with van der Waals surface area (Å²) in [5.74, 6) is 0.633. The number of aliphatic hydroxyl groups excluding tert-OH is 2. The standard InChI is InChI=1S/C13H20O3/c1-13(2,3)10-5-4-6-11(9-10)16-12(15)7-8-14/h4-6,9,12,14-15H,7-8H2,1-3H3. The fraction of sp³-hybridized carbons (Fsp3) is 0.538. The molecule has 2 N–H and O–H groups in total. The SMILES string of the molecule is CC(C)(C)c1cccc(OC(O)CCO)c1. The lowest BCUT2D eigenvalue weighted by Crippen LogP contribution is -2.17. The molecule has 1 aromatic rings. The highest BCUT2D eigenvalue weighted by molar-refractivity contribution is 5.32. The van der Waals surface area contributed by atoms with Crippen LogP contribution in [0.25, 0.3) is 0 Å². The Morgan fingerprint density at radius 3 is 2.56 bits per heavy atom. The first-order valence-electron chi connectivity index (χ1n) is 5.49. The molecular weight excluding hydrogens is 204 g/mol. The third-order valence-electron chi connectivity index (χ3n) is 2.35. The van der Waals surface area contributed by atoms with Gasteiger partial charge in [0.2, 0.25) is 0 Å². The van der Waals surface area contributed by atoms with E-state index in [1.54, 1.807) is 6.07 Å². The van der Waals surface area contributed by atoms with Gasteiger partial charge in [-0.1, -0.05) is 32.9 Å². The molecule has 90 valence electrons. The molecule has 0 radical (unpaired) electrons. The van der Waals surface area contributed by atoms with E-state index in [9.17, 15) is 5.11 Å². The van der Waals surface area contributed by atoms with Crippen molar-refractivity contribution in [3.05, 3.63) is 29.8 Å². The molecule has 0 spiro atoms. The molecule has 1 aromatic carbocycles. The smallest absolute Gasteiger partial charge is 0.199 e. The third-order valence-corrected chi connectivity index (χ3v) is 2.35. The molecule has 1 unspecified atom stereocenters. The summed E-state index contributed by atoms with van der Waals surface area (Å²) < 4.78 is 5.29. The van der Waals surface area contributed by atoms with E-state index < -0.39 is 6.29 Å². The summed E-state index contributed by atoms with van der Waals surface area (Å²) in [6.07, 6.45) is -0.722. The molecule has 1 atom stereocenters. The van der Waals surface area contributed by atoms with Gasteiger partial charge in [-0.15, -0.1) is 0 Å². The van der Waals surface area contributed by atoms with Crippen LogP contribution >= 0.6 is 0 Å². The summed E-state index contributed by atoms with van der Waals surface area (Å²) in [5, 5.41) is 18.1. The van der Waals surface area contributed by atoms with Gasteiger partial charge in [0.25, 0.3) is 0 Å². The van der Waals surface area contributed by atoms with Gasteiger partial charge in [0, 0.05) is 13.0 Å². The number of hydrogen-bond donors (Lipinski definition) is 2. The molecule has 3 nitrogen and oxygen atoms in total. The molecule has 0 aliphatic rings. The van der Waals surface area contributed by atoms with Gasteiger partial charge in [-0.2, -0.15) is 0 Å². The molecule has 0 aliphatic carbocycles. The first kappa shape index (κ1) is 13.0. The number of aliphatic hydroxyl groups is 2. The van der Waals surface area contributed by atoms with E-state index in [1.165, 1.54) is 0 Å². The minimum Gasteiger partial charge on any atom is -0.465 e. The lowest BCUT2D eigenvalue weighted by molar-refractivity contribution is -0.0327. The molecular formula is C13H20O3. The Bertz CT molecular complexity index is 328. The number of rotatable bonds is 4. The largest absolute Gasteiger partial charge is 0.465 e. The van der Waals surface area contributed by atoms with Crippen molar-refractivity contribution < 1.29 is 14.9 Å². The zero-order chi connectivity index (χ0) is 12.2. The van der Waals surface area contributed by atoms with E-state index >= 15 is 0 Å². The maximum Gasteiger partial charge on any atom is 0.199 e. The van der Waals surface area contributed by atoms with E-state index in [2.05, 4.69) is 20.8 Å². The van der Waals surface area contributed by atoms with E-state index in [0.717, 1.165) is 5.56 Å². The topological polar surface area (TPSA) is 49.7 Å². The molecule has 16 heavy (non-hydrogen) atoms. The highest BCUT2D eigenvalue weighted by atomic mass is 16.6. The molecule has 0 saturated heterocycles. The Morgan fingerprint density at radius 2 is 2.00 bits per heavy atom. The van der Waals surface area contributed by atoms with Gasteiger partial charge in [-0.25, -0.2) is 0 Å². The molecule has 0 heterocycles. The van der Waals surface area contributed by atoms with Gasteiger partial charge in [-0.05, 0) is 23.1 Å². The minimum absolute atomic E-state index is 0.0568. The maximum atomic E-state index is 9.41. The summed E-state index contributed by atoms with van der Waals surface area (Å²) >= 11 is 0. The van der Waals surface area contributed by atoms with Crippen LogP contribution < -0.4 is 4.74 Å². The zero-order valence-corrected chi connectivity index (χ0v) is 10.1. The lowest BCUT2D eigenvalue weighted by Gasteiger charge is -2.20. The summed E-state index contributed by atoms with van der Waals surface area (Å²) in [5.41, 5.74) is 1.21. The molecule has 0 fully saturated rings. The fourth-order valence-electron chi connectivity index (χ4n) is 1.36. The molecule has 0 aliphatic heterocycles. The third kappa shape index (κ3) is 3.83. The molecule has 3 heteroatoms. The van der Waals surface area contributed by atoms with Crippen LogP contribution in [0.3, 0.4) is 0 Å². The maximum absolute atomic E-state index is 9.41. The van der Waals surface area contributed by atoms with Crippen molar-refractivity contribution >= 4 is 0 Å². The predicted molar refractivity (Wildman–Crippen MR) is 63.5 cm³/mol. The van der Waals surface area contributed by atoms with Crippen molar-refractivity contribution in [2.75, 3.05) is 6.61 Å². The van der Waals surface area contributed by atoms with Gasteiger partial charge >= 0.3 is 0 Å². The van der Waals surface area contributed by atoms with E-state index in [0.29, 0.717) is 5.75 Å². The lowest BCUT2D eigenvalue weighted by atomic mass is 9.87. The van der Waals surface area contributed by atoms with Gasteiger partial charge in [0.1, 0.15) is 5.75 Å². The van der Waals surface area contributed by atoms with Crippen molar-refractivity contribution in [2.45, 2.75) is 38.9 Å². The number of benzene rings is 1. The Kier molecular flexibility index (Phi) is 4.33. The highest BCUT2D eigenvalue weighted by Gasteiger charge is 2.14. The van der Waals surface area contributed by atoms with Crippen LogP contribution in [0.2, 0.25) is 0 Å². The van der Waals surface area contributed by atoms with Crippen LogP contribution in [0.15, 0.2) is 24.3 Å². The second kappa shape index (κ2) is 5.32. The molecule has 0 bridgehead atoms. The average Bonchev–Trinajstić information content (AvgIpc) is 2.17. The van der Waals surface area contributed by atoms with Crippen molar-refractivity contribution in [3.8, 4) is 5.75 Å². The van der Waals surface area contributed by atoms with Crippen molar-refractivity contribution in [3.63, 3.8) is 0 Å². The van der Waals surface area contributed by atoms with Crippen LogP contribution in [0.5, 0.6) is 5.75 Å². The summed E-state index contributed by atoms with van der Waals surface area (Å²) in [4.78, 5) is 0. The highest BCUT2D eigenvalue weighted by Crippen LogP contribution is 2.26. The van der Waals surface area contributed by atoms with Crippen LogP contribution in [0, 0.1) is 0 Å². The summed E-state index contributed by atoms with van der Waals surface area (Å²) in [6, 6.07) is 7.66. The number of hydrogen-bond acceptors (Lipinski definition) is 3. The summed E-state index contributed by atoms with van der Waals surface area (Å²) in [6.45, 7) is 6.28. The van der Waals surface area contributed by atoms with Gasteiger partial charge < -0.3 is 14.9 Å². The molecule has 0 saturated carbocycles. The first-order chi connectivity index (χ1) is 7.43. The predicted octanol–water partition coefficient (Wildman–Crippen LogP) is 2.06. The fourth-order valence-corrected chi connectivity index (χ4v) is 1.36.